The van der Waals surface area contributed by atoms with Crippen molar-refractivity contribution in [3.63, 3.8) is 0 Å². The van der Waals surface area contributed by atoms with Gasteiger partial charge in [0.15, 0.2) is 6.61 Å². The molecule has 1 aliphatic heterocycles. The SMILES string of the molecule is C[C@@H]1C[C@H](C)CN(C(=O)COC(=O)c2ccc(Cn3nnc4ccccc43)cc2)C1. The number of aromatic nitrogens is 3. The van der Waals surface area contributed by atoms with Crippen LogP contribution in [0.3, 0.4) is 0 Å². The number of esters is 1. The molecule has 2 aromatic carbocycles. The Kier molecular flexibility index (Phi) is 5.79. The lowest BCUT2D eigenvalue weighted by atomic mass is 9.92. The molecule has 7 heteroatoms. The Bertz CT molecular complexity index is 1030. The molecule has 2 heterocycles. The van der Waals surface area contributed by atoms with E-state index < -0.39 is 5.97 Å². The number of para-hydroxylation sites is 1. The van der Waals surface area contributed by atoms with Crippen LogP contribution in [0.4, 0.5) is 0 Å². The average Bonchev–Trinajstić information content (AvgIpc) is 3.14. The molecule has 1 aromatic heterocycles. The van der Waals surface area contributed by atoms with E-state index in [-0.39, 0.29) is 12.5 Å². The number of nitrogens with zero attached hydrogens (tertiary/aromatic N) is 4. The molecule has 3 aromatic rings. The maximum atomic E-state index is 12.4. The van der Waals surface area contributed by atoms with Gasteiger partial charge in [-0.3, -0.25) is 4.79 Å². The number of likely N-dealkylation sites (tertiary alicyclic amines) is 1. The zero-order valence-corrected chi connectivity index (χ0v) is 17.3. The number of hydrogen-bond acceptors (Lipinski definition) is 5. The summed E-state index contributed by atoms with van der Waals surface area (Å²) >= 11 is 0. The van der Waals surface area contributed by atoms with E-state index in [4.69, 9.17) is 4.74 Å². The third-order valence-corrected chi connectivity index (χ3v) is 5.49. The van der Waals surface area contributed by atoms with Crippen LogP contribution in [-0.2, 0) is 16.1 Å². The summed E-state index contributed by atoms with van der Waals surface area (Å²) in [6.45, 7) is 6.08. The van der Waals surface area contributed by atoms with Gasteiger partial charge >= 0.3 is 5.97 Å². The Morgan fingerprint density at radius 2 is 1.73 bits per heavy atom. The molecule has 1 fully saturated rings. The maximum absolute atomic E-state index is 12.4. The Hall–Kier alpha value is -3.22. The standard InChI is InChI=1S/C23H26N4O3/c1-16-11-17(2)13-26(12-16)22(28)15-30-23(29)19-9-7-18(8-10-19)14-27-21-6-4-3-5-20(21)24-25-27/h3-10,16-17H,11-15H2,1-2H3/t16-,17+. The summed E-state index contributed by atoms with van der Waals surface area (Å²) in [5.74, 6) is 0.335. The van der Waals surface area contributed by atoms with E-state index in [0.717, 1.165) is 36.1 Å². The monoisotopic (exact) mass is 406 g/mol. The molecule has 0 aliphatic carbocycles. The first-order chi connectivity index (χ1) is 14.5. The fourth-order valence-corrected chi connectivity index (χ4v) is 4.12. The van der Waals surface area contributed by atoms with E-state index in [0.29, 0.717) is 23.9 Å². The summed E-state index contributed by atoms with van der Waals surface area (Å²) in [7, 11) is 0. The van der Waals surface area contributed by atoms with Crippen molar-refractivity contribution < 1.29 is 14.3 Å². The highest BCUT2D eigenvalue weighted by Gasteiger charge is 2.26. The number of ether oxygens (including phenoxy) is 1. The molecular weight excluding hydrogens is 380 g/mol. The van der Waals surface area contributed by atoms with Gasteiger partial charge in [0.2, 0.25) is 0 Å². The van der Waals surface area contributed by atoms with Crippen molar-refractivity contribution in [3.8, 4) is 0 Å². The van der Waals surface area contributed by atoms with Crippen LogP contribution >= 0.6 is 0 Å². The minimum absolute atomic E-state index is 0.128. The quantitative estimate of drug-likeness (QED) is 0.609. The van der Waals surface area contributed by atoms with Crippen molar-refractivity contribution in [3.05, 3.63) is 59.7 Å². The molecule has 30 heavy (non-hydrogen) atoms. The van der Waals surface area contributed by atoms with Gasteiger partial charge in [-0.2, -0.15) is 0 Å². The molecule has 0 N–H and O–H groups in total. The molecule has 1 aliphatic rings. The van der Waals surface area contributed by atoms with Crippen LogP contribution in [0, 0.1) is 11.8 Å². The predicted molar refractivity (Wildman–Crippen MR) is 113 cm³/mol. The van der Waals surface area contributed by atoms with E-state index in [9.17, 15) is 9.59 Å². The maximum Gasteiger partial charge on any atom is 0.338 e. The van der Waals surface area contributed by atoms with Gasteiger partial charge in [-0.1, -0.05) is 43.3 Å². The van der Waals surface area contributed by atoms with Crippen LogP contribution < -0.4 is 0 Å². The third-order valence-electron chi connectivity index (χ3n) is 5.49. The smallest absolute Gasteiger partial charge is 0.338 e. The molecule has 0 unspecified atom stereocenters. The number of fused-ring (bicyclic) bond motifs is 1. The highest BCUT2D eigenvalue weighted by atomic mass is 16.5. The second-order valence-corrected chi connectivity index (χ2v) is 8.25. The van der Waals surface area contributed by atoms with E-state index in [2.05, 4.69) is 24.2 Å². The molecule has 0 bridgehead atoms. The summed E-state index contributed by atoms with van der Waals surface area (Å²) in [6.07, 6.45) is 1.13. The molecule has 0 saturated carbocycles. The topological polar surface area (TPSA) is 77.3 Å². The van der Waals surface area contributed by atoms with Crippen LogP contribution in [0.15, 0.2) is 48.5 Å². The van der Waals surface area contributed by atoms with Gasteiger partial charge in [0.25, 0.3) is 5.91 Å². The van der Waals surface area contributed by atoms with Crippen LogP contribution in [-0.4, -0.2) is 51.5 Å². The van der Waals surface area contributed by atoms with Crippen LogP contribution in [0.25, 0.3) is 11.0 Å². The van der Waals surface area contributed by atoms with Gasteiger partial charge in [0.05, 0.1) is 17.6 Å². The summed E-state index contributed by atoms with van der Waals surface area (Å²) in [6, 6.07) is 14.9. The zero-order valence-electron chi connectivity index (χ0n) is 17.3. The van der Waals surface area contributed by atoms with Gasteiger partial charge < -0.3 is 9.64 Å². The molecule has 2 atom stereocenters. The molecule has 0 radical (unpaired) electrons. The Balaban J connectivity index is 1.33. The Labute approximate surface area is 175 Å². The van der Waals surface area contributed by atoms with Crippen molar-refractivity contribution in [2.24, 2.45) is 11.8 Å². The fraction of sp³-hybridized carbons (Fsp3) is 0.391. The number of rotatable bonds is 5. The first kappa shape index (κ1) is 20.1. The van der Waals surface area contributed by atoms with Crippen molar-refractivity contribution in [2.45, 2.75) is 26.8 Å². The number of hydrogen-bond donors (Lipinski definition) is 0. The largest absolute Gasteiger partial charge is 0.452 e. The molecule has 0 spiro atoms. The molecule has 7 nitrogen and oxygen atoms in total. The van der Waals surface area contributed by atoms with Crippen molar-refractivity contribution >= 4 is 22.9 Å². The fourth-order valence-electron chi connectivity index (χ4n) is 4.12. The highest BCUT2D eigenvalue weighted by molar-refractivity contribution is 5.91. The molecule has 156 valence electrons. The molecule has 4 rings (SSSR count). The lowest BCUT2D eigenvalue weighted by Crippen LogP contribution is -2.44. The summed E-state index contributed by atoms with van der Waals surface area (Å²) in [4.78, 5) is 26.5. The van der Waals surface area contributed by atoms with Crippen LogP contribution in [0.2, 0.25) is 0 Å². The van der Waals surface area contributed by atoms with Gasteiger partial charge in [0.1, 0.15) is 5.52 Å². The lowest BCUT2D eigenvalue weighted by molar-refractivity contribution is -0.137. The summed E-state index contributed by atoms with van der Waals surface area (Å²) in [5.41, 5.74) is 3.23. The van der Waals surface area contributed by atoms with Crippen LogP contribution in [0.1, 0.15) is 36.2 Å². The van der Waals surface area contributed by atoms with E-state index in [1.54, 1.807) is 17.0 Å². The van der Waals surface area contributed by atoms with Gasteiger partial charge in [-0.25, -0.2) is 9.48 Å². The summed E-state index contributed by atoms with van der Waals surface area (Å²) < 4.78 is 7.08. The van der Waals surface area contributed by atoms with Crippen molar-refractivity contribution in [1.82, 2.24) is 19.9 Å². The highest BCUT2D eigenvalue weighted by Crippen LogP contribution is 2.21. The predicted octanol–water partition coefficient (Wildman–Crippen LogP) is 3.14. The second kappa shape index (κ2) is 8.65. The van der Waals surface area contributed by atoms with Crippen molar-refractivity contribution in [1.29, 1.82) is 0 Å². The molecular formula is C23H26N4O3. The van der Waals surface area contributed by atoms with Crippen LogP contribution in [0.5, 0.6) is 0 Å². The average molecular weight is 406 g/mol. The Morgan fingerprint density at radius 1 is 1.03 bits per heavy atom. The van der Waals surface area contributed by atoms with Gasteiger partial charge in [-0.15, -0.1) is 5.10 Å². The first-order valence-corrected chi connectivity index (χ1v) is 10.3. The van der Waals surface area contributed by atoms with E-state index in [1.807, 2.05) is 41.1 Å². The Morgan fingerprint density at radius 3 is 2.47 bits per heavy atom. The van der Waals surface area contributed by atoms with Gasteiger partial charge in [-0.05, 0) is 48.1 Å². The number of piperidine rings is 1. The van der Waals surface area contributed by atoms with Gasteiger partial charge in [0, 0.05) is 13.1 Å². The first-order valence-electron chi connectivity index (χ1n) is 10.3. The van der Waals surface area contributed by atoms with E-state index in [1.165, 1.54) is 0 Å². The lowest BCUT2D eigenvalue weighted by Gasteiger charge is -2.34. The zero-order chi connectivity index (χ0) is 21.1. The minimum Gasteiger partial charge on any atom is -0.452 e. The number of carbonyl (C=O) groups is 2. The summed E-state index contributed by atoms with van der Waals surface area (Å²) in [5, 5.41) is 8.34. The molecule has 1 amide bonds. The number of benzene rings is 2. The molecule has 1 saturated heterocycles. The van der Waals surface area contributed by atoms with Crippen molar-refractivity contribution in [2.75, 3.05) is 19.7 Å². The number of amides is 1. The van der Waals surface area contributed by atoms with E-state index >= 15 is 0 Å². The normalized spacial score (nSPS) is 19.1. The minimum atomic E-state index is -0.487. The third kappa shape index (κ3) is 4.50. The number of carbonyl (C=O) groups excluding carboxylic acids is 2. The second-order valence-electron chi connectivity index (χ2n) is 8.25.